The molecule has 0 N–H and O–H groups in total. The van der Waals surface area contributed by atoms with Gasteiger partial charge in [0, 0.05) is 26.4 Å². The average Bonchev–Trinajstić information content (AvgIpc) is 2.70. The number of benzene rings is 1. The molecule has 0 radical (unpaired) electrons. The fourth-order valence-electron chi connectivity index (χ4n) is 2.34. The molecule has 2 rings (SSSR count). The Balaban J connectivity index is 2.33. The number of anilines is 1. The van der Waals surface area contributed by atoms with Crippen molar-refractivity contribution in [3.05, 3.63) is 29.8 Å². The summed E-state index contributed by atoms with van der Waals surface area (Å²) >= 11 is 0. The van der Waals surface area contributed by atoms with Crippen molar-refractivity contribution in [3.63, 3.8) is 0 Å². The van der Waals surface area contributed by atoms with Crippen molar-refractivity contribution in [1.82, 2.24) is 5.01 Å². The van der Waals surface area contributed by atoms with Crippen LogP contribution >= 0.6 is 0 Å². The molecule has 1 fully saturated rings. The van der Waals surface area contributed by atoms with E-state index in [0.717, 1.165) is 17.5 Å². The molecule has 1 amide bonds. The first kappa shape index (κ1) is 12.6. The second kappa shape index (κ2) is 5.21. The monoisotopic (exact) mass is 246 g/mol. The molecular formula is C14H18N2O2. The molecule has 1 aliphatic heterocycles. The second-order valence-corrected chi connectivity index (χ2v) is 4.65. The lowest BCUT2D eigenvalue weighted by atomic mass is 9.96. The standard InChI is InChI=1S/C14H18N2O2/c1-11(8-10-17)12-5-3-4-6-13(12)16-9-7-14(18)15(16)2/h3-6,10-11H,7-9H2,1-2H3. The van der Waals surface area contributed by atoms with E-state index in [9.17, 15) is 9.59 Å². The van der Waals surface area contributed by atoms with Gasteiger partial charge in [-0.05, 0) is 17.5 Å². The molecule has 96 valence electrons. The van der Waals surface area contributed by atoms with Crippen LogP contribution in [0.15, 0.2) is 24.3 Å². The molecule has 4 nitrogen and oxygen atoms in total. The van der Waals surface area contributed by atoms with E-state index >= 15 is 0 Å². The maximum atomic E-state index is 11.6. The summed E-state index contributed by atoms with van der Waals surface area (Å²) in [5, 5.41) is 3.64. The summed E-state index contributed by atoms with van der Waals surface area (Å²) in [4.78, 5) is 22.3. The summed E-state index contributed by atoms with van der Waals surface area (Å²) in [5.74, 6) is 0.302. The molecule has 0 bridgehead atoms. The Labute approximate surface area is 107 Å². The Hall–Kier alpha value is -1.84. The van der Waals surface area contributed by atoms with Crippen LogP contribution in [0.25, 0.3) is 0 Å². The van der Waals surface area contributed by atoms with Crippen molar-refractivity contribution >= 4 is 17.9 Å². The van der Waals surface area contributed by atoms with Gasteiger partial charge in [-0.25, -0.2) is 0 Å². The topological polar surface area (TPSA) is 40.6 Å². The molecule has 1 aromatic carbocycles. The highest BCUT2D eigenvalue weighted by Crippen LogP contribution is 2.31. The number of hydrogen-bond donors (Lipinski definition) is 0. The smallest absolute Gasteiger partial charge is 0.242 e. The Bertz CT molecular complexity index is 459. The Kier molecular flexibility index (Phi) is 3.65. The highest BCUT2D eigenvalue weighted by atomic mass is 16.2. The molecular weight excluding hydrogens is 228 g/mol. The fraction of sp³-hybridized carbons (Fsp3) is 0.429. The summed E-state index contributed by atoms with van der Waals surface area (Å²) in [5.41, 5.74) is 2.14. The minimum Gasteiger partial charge on any atom is -0.303 e. The lowest BCUT2D eigenvalue weighted by Gasteiger charge is -2.29. The van der Waals surface area contributed by atoms with E-state index in [1.54, 1.807) is 12.1 Å². The summed E-state index contributed by atoms with van der Waals surface area (Å²) < 4.78 is 0. The van der Waals surface area contributed by atoms with Crippen LogP contribution < -0.4 is 5.01 Å². The van der Waals surface area contributed by atoms with Gasteiger partial charge in [0.25, 0.3) is 0 Å². The van der Waals surface area contributed by atoms with Crippen molar-refractivity contribution in [3.8, 4) is 0 Å². The lowest BCUT2D eigenvalue weighted by Crippen LogP contribution is -2.36. The maximum Gasteiger partial charge on any atom is 0.242 e. The van der Waals surface area contributed by atoms with Crippen molar-refractivity contribution in [2.24, 2.45) is 0 Å². The third kappa shape index (κ3) is 2.23. The molecule has 1 saturated heterocycles. The minimum atomic E-state index is 0.132. The normalized spacial score (nSPS) is 17.1. The summed E-state index contributed by atoms with van der Waals surface area (Å²) in [7, 11) is 1.79. The Morgan fingerprint density at radius 3 is 2.72 bits per heavy atom. The predicted octanol–water partition coefficient (Wildman–Crippen LogP) is 1.96. The number of rotatable bonds is 4. The Morgan fingerprint density at radius 1 is 1.39 bits per heavy atom. The molecule has 1 unspecified atom stereocenters. The van der Waals surface area contributed by atoms with Crippen LogP contribution in [-0.4, -0.2) is 30.8 Å². The van der Waals surface area contributed by atoms with Crippen molar-refractivity contribution < 1.29 is 9.59 Å². The number of hydrazine groups is 1. The predicted molar refractivity (Wildman–Crippen MR) is 70.3 cm³/mol. The van der Waals surface area contributed by atoms with Gasteiger partial charge in [0.15, 0.2) is 0 Å². The summed E-state index contributed by atoms with van der Waals surface area (Å²) in [6.45, 7) is 2.74. The minimum absolute atomic E-state index is 0.132. The average molecular weight is 246 g/mol. The zero-order chi connectivity index (χ0) is 13.1. The van der Waals surface area contributed by atoms with E-state index in [1.165, 1.54) is 0 Å². The van der Waals surface area contributed by atoms with Crippen LogP contribution in [0.5, 0.6) is 0 Å². The first-order valence-corrected chi connectivity index (χ1v) is 6.21. The van der Waals surface area contributed by atoms with Crippen LogP contribution in [-0.2, 0) is 9.59 Å². The molecule has 1 aromatic rings. The van der Waals surface area contributed by atoms with Crippen molar-refractivity contribution in [2.75, 3.05) is 18.6 Å². The van der Waals surface area contributed by atoms with Gasteiger partial charge >= 0.3 is 0 Å². The van der Waals surface area contributed by atoms with Gasteiger partial charge in [-0.2, -0.15) is 0 Å². The quantitative estimate of drug-likeness (QED) is 0.763. The molecule has 1 atom stereocenters. The number of carbonyl (C=O) groups excluding carboxylic acids is 2. The summed E-state index contributed by atoms with van der Waals surface area (Å²) in [6, 6.07) is 7.97. The zero-order valence-corrected chi connectivity index (χ0v) is 10.8. The van der Waals surface area contributed by atoms with Crippen molar-refractivity contribution in [2.45, 2.75) is 25.7 Å². The third-order valence-electron chi connectivity index (χ3n) is 3.46. The van der Waals surface area contributed by atoms with Crippen LogP contribution in [0.2, 0.25) is 0 Å². The number of carbonyl (C=O) groups is 2. The molecule has 1 aliphatic rings. The van der Waals surface area contributed by atoms with E-state index in [1.807, 2.05) is 36.2 Å². The zero-order valence-electron chi connectivity index (χ0n) is 10.8. The van der Waals surface area contributed by atoms with Gasteiger partial charge in [-0.1, -0.05) is 25.1 Å². The molecule has 0 spiro atoms. The lowest BCUT2D eigenvalue weighted by molar-refractivity contribution is -0.126. The number of nitrogens with zero attached hydrogens (tertiary/aromatic N) is 2. The number of aldehydes is 1. The molecule has 1 heterocycles. The van der Waals surface area contributed by atoms with Crippen LogP contribution in [0, 0.1) is 0 Å². The van der Waals surface area contributed by atoms with Gasteiger partial charge in [0.2, 0.25) is 5.91 Å². The maximum absolute atomic E-state index is 11.6. The fourth-order valence-corrected chi connectivity index (χ4v) is 2.34. The van der Waals surface area contributed by atoms with Crippen molar-refractivity contribution in [1.29, 1.82) is 0 Å². The molecule has 0 aromatic heterocycles. The molecule has 4 heteroatoms. The van der Waals surface area contributed by atoms with Crippen LogP contribution in [0.4, 0.5) is 5.69 Å². The van der Waals surface area contributed by atoms with Gasteiger partial charge in [0.1, 0.15) is 6.29 Å². The second-order valence-electron chi connectivity index (χ2n) is 4.65. The van der Waals surface area contributed by atoms with E-state index in [2.05, 4.69) is 0 Å². The largest absolute Gasteiger partial charge is 0.303 e. The Morgan fingerprint density at radius 2 is 2.11 bits per heavy atom. The molecule has 18 heavy (non-hydrogen) atoms. The molecule has 0 aliphatic carbocycles. The number of amides is 1. The van der Waals surface area contributed by atoms with E-state index in [0.29, 0.717) is 19.4 Å². The van der Waals surface area contributed by atoms with Crippen LogP contribution in [0.1, 0.15) is 31.2 Å². The molecule has 0 saturated carbocycles. The van der Waals surface area contributed by atoms with Gasteiger partial charge in [-0.3, -0.25) is 14.8 Å². The van der Waals surface area contributed by atoms with Gasteiger partial charge < -0.3 is 4.79 Å². The van der Waals surface area contributed by atoms with Gasteiger partial charge in [0.05, 0.1) is 5.69 Å². The number of hydrogen-bond acceptors (Lipinski definition) is 3. The SMILES string of the molecule is CC(CC=O)c1ccccc1N1CCC(=O)N1C. The van der Waals surface area contributed by atoms with Crippen LogP contribution in [0.3, 0.4) is 0 Å². The van der Waals surface area contributed by atoms with E-state index in [-0.39, 0.29) is 11.8 Å². The highest BCUT2D eigenvalue weighted by molar-refractivity contribution is 5.82. The number of para-hydroxylation sites is 1. The van der Waals surface area contributed by atoms with E-state index in [4.69, 9.17) is 0 Å². The van der Waals surface area contributed by atoms with Gasteiger partial charge in [-0.15, -0.1) is 0 Å². The highest BCUT2D eigenvalue weighted by Gasteiger charge is 2.27. The first-order chi connectivity index (χ1) is 8.65. The van der Waals surface area contributed by atoms with E-state index < -0.39 is 0 Å². The first-order valence-electron chi connectivity index (χ1n) is 6.21. The third-order valence-corrected chi connectivity index (χ3v) is 3.46. The summed E-state index contributed by atoms with van der Waals surface area (Å²) in [6.07, 6.45) is 2.00.